The van der Waals surface area contributed by atoms with Crippen molar-refractivity contribution in [3.05, 3.63) is 28.0 Å². The summed E-state index contributed by atoms with van der Waals surface area (Å²) in [7, 11) is 0. The van der Waals surface area contributed by atoms with Crippen LogP contribution in [-0.2, 0) is 9.59 Å². The molecule has 1 saturated heterocycles. The highest BCUT2D eigenvalue weighted by atomic mass is 79.9. The molecule has 1 aromatic rings. The van der Waals surface area contributed by atoms with Crippen molar-refractivity contribution in [3.8, 4) is 0 Å². The number of hydrogen-bond acceptors (Lipinski definition) is 2. The average Bonchev–Trinajstić information content (AvgIpc) is 2.38. The van der Waals surface area contributed by atoms with Gasteiger partial charge < -0.3 is 5.32 Å². The maximum atomic E-state index is 13.9. The van der Waals surface area contributed by atoms with Crippen molar-refractivity contribution in [1.29, 1.82) is 0 Å². The van der Waals surface area contributed by atoms with Crippen molar-refractivity contribution in [3.63, 3.8) is 0 Å². The Morgan fingerprint density at radius 1 is 1.38 bits per heavy atom. The van der Waals surface area contributed by atoms with Gasteiger partial charge in [0.25, 0.3) is 5.91 Å². The quantitative estimate of drug-likeness (QED) is 0.885. The molecule has 0 saturated carbocycles. The van der Waals surface area contributed by atoms with Gasteiger partial charge in [-0.05, 0) is 60.8 Å². The van der Waals surface area contributed by atoms with E-state index in [-0.39, 0.29) is 11.8 Å². The molecule has 0 radical (unpaired) electrons. The average molecular weight is 357 g/mol. The molecular weight excluding hydrogens is 339 g/mol. The third kappa shape index (κ3) is 2.69. The Labute approximate surface area is 131 Å². The van der Waals surface area contributed by atoms with Crippen molar-refractivity contribution in [2.45, 2.75) is 45.7 Å². The highest BCUT2D eigenvalue weighted by molar-refractivity contribution is 9.10. The molecule has 2 amide bonds. The molecule has 0 spiro atoms. The summed E-state index contributed by atoms with van der Waals surface area (Å²) in [4.78, 5) is 26.3. The number of anilines is 1. The predicted molar refractivity (Wildman–Crippen MR) is 82.6 cm³/mol. The van der Waals surface area contributed by atoms with Crippen molar-refractivity contribution in [1.82, 2.24) is 5.32 Å². The Morgan fingerprint density at radius 3 is 2.57 bits per heavy atom. The molecule has 1 unspecified atom stereocenters. The maximum Gasteiger partial charge on any atom is 0.252 e. The first-order valence-corrected chi connectivity index (χ1v) is 7.59. The van der Waals surface area contributed by atoms with Crippen molar-refractivity contribution in [2.75, 3.05) is 4.90 Å². The lowest BCUT2D eigenvalue weighted by Crippen LogP contribution is -2.68. The number of carbonyl (C=O) groups is 2. The molecule has 1 N–H and O–H groups in total. The summed E-state index contributed by atoms with van der Waals surface area (Å²) >= 11 is 3.13. The first-order chi connectivity index (χ1) is 9.69. The summed E-state index contributed by atoms with van der Waals surface area (Å²) in [5, 5.41) is 2.72. The van der Waals surface area contributed by atoms with E-state index in [9.17, 15) is 14.0 Å². The van der Waals surface area contributed by atoms with Gasteiger partial charge in [-0.1, -0.05) is 6.92 Å². The standard InChI is InChI=1S/C15H18BrFN2O2/c1-5-11-13(20)18-15(3,4)14(21)19(11)12-7-10(17)9(16)6-8(12)2/h6-7,11H,5H2,1-4H3,(H,18,20). The summed E-state index contributed by atoms with van der Waals surface area (Å²) in [6, 6.07) is 2.29. The van der Waals surface area contributed by atoms with Crippen LogP contribution in [0.1, 0.15) is 32.8 Å². The normalized spacial score (nSPS) is 21.4. The molecule has 4 nitrogen and oxygen atoms in total. The Kier molecular flexibility index (Phi) is 4.10. The zero-order valence-corrected chi connectivity index (χ0v) is 14.0. The van der Waals surface area contributed by atoms with Crippen LogP contribution in [0.15, 0.2) is 16.6 Å². The van der Waals surface area contributed by atoms with Crippen LogP contribution in [0, 0.1) is 12.7 Å². The van der Waals surface area contributed by atoms with Gasteiger partial charge in [-0.2, -0.15) is 0 Å². The fourth-order valence-corrected chi connectivity index (χ4v) is 3.00. The van der Waals surface area contributed by atoms with Crippen LogP contribution in [0.3, 0.4) is 0 Å². The molecule has 1 heterocycles. The number of nitrogens with zero attached hydrogens (tertiary/aromatic N) is 1. The molecule has 2 rings (SSSR count). The lowest BCUT2D eigenvalue weighted by atomic mass is 9.94. The van der Waals surface area contributed by atoms with Gasteiger partial charge in [0, 0.05) is 0 Å². The summed E-state index contributed by atoms with van der Waals surface area (Å²) in [6.45, 7) is 6.92. The van der Waals surface area contributed by atoms with Gasteiger partial charge in [-0.25, -0.2) is 4.39 Å². The number of rotatable bonds is 2. The minimum absolute atomic E-state index is 0.218. The van der Waals surface area contributed by atoms with Gasteiger partial charge in [0.05, 0.1) is 10.2 Å². The van der Waals surface area contributed by atoms with E-state index in [1.807, 2.05) is 6.92 Å². The number of hydrogen-bond donors (Lipinski definition) is 1. The van der Waals surface area contributed by atoms with E-state index in [2.05, 4.69) is 21.2 Å². The molecule has 114 valence electrons. The predicted octanol–water partition coefficient (Wildman–Crippen LogP) is 2.92. The zero-order valence-electron chi connectivity index (χ0n) is 12.5. The number of benzene rings is 1. The van der Waals surface area contributed by atoms with E-state index < -0.39 is 17.4 Å². The van der Waals surface area contributed by atoms with Crippen LogP contribution < -0.4 is 10.2 Å². The summed E-state index contributed by atoms with van der Waals surface area (Å²) in [5.41, 5.74) is 0.176. The zero-order chi connectivity index (χ0) is 15.9. The number of halogens is 2. The summed E-state index contributed by atoms with van der Waals surface area (Å²) in [6.07, 6.45) is 0.463. The van der Waals surface area contributed by atoms with E-state index in [4.69, 9.17) is 0 Å². The number of aryl methyl sites for hydroxylation is 1. The van der Waals surface area contributed by atoms with E-state index in [1.54, 1.807) is 26.8 Å². The lowest BCUT2D eigenvalue weighted by molar-refractivity contribution is -0.137. The molecule has 21 heavy (non-hydrogen) atoms. The van der Waals surface area contributed by atoms with Gasteiger partial charge in [-0.3, -0.25) is 14.5 Å². The first-order valence-electron chi connectivity index (χ1n) is 6.80. The van der Waals surface area contributed by atoms with Crippen molar-refractivity contribution in [2.24, 2.45) is 0 Å². The number of nitrogens with one attached hydrogen (secondary N) is 1. The van der Waals surface area contributed by atoms with Crippen molar-refractivity contribution >= 4 is 33.4 Å². The second kappa shape index (κ2) is 5.40. The molecule has 1 atom stereocenters. The fraction of sp³-hybridized carbons (Fsp3) is 0.467. The molecule has 1 aromatic carbocycles. The topological polar surface area (TPSA) is 49.4 Å². The second-order valence-electron chi connectivity index (χ2n) is 5.77. The first kappa shape index (κ1) is 15.9. The van der Waals surface area contributed by atoms with Crippen LogP contribution in [0.4, 0.5) is 10.1 Å². The third-order valence-corrected chi connectivity index (χ3v) is 4.30. The maximum absolute atomic E-state index is 13.9. The summed E-state index contributed by atoms with van der Waals surface area (Å²) < 4.78 is 14.2. The Hall–Kier alpha value is -1.43. The molecule has 6 heteroatoms. The van der Waals surface area contributed by atoms with E-state index in [1.165, 1.54) is 11.0 Å². The SMILES string of the molecule is CCC1C(=O)NC(C)(C)C(=O)N1c1cc(F)c(Br)cc1C. The van der Waals surface area contributed by atoms with E-state index in [0.29, 0.717) is 16.6 Å². The molecule has 0 aliphatic carbocycles. The van der Waals surface area contributed by atoms with E-state index >= 15 is 0 Å². The third-order valence-electron chi connectivity index (χ3n) is 3.69. The van der Waals surface area contributed by atoms with Crippen LogP contribution in [-0.4, -0.2) is 23.4 Å². The highest BCUT2D eigenvalue weighted by Crippen LogP contribution is 2.32. The minimum atomic E-state index is -1.00. The fourth-order valence-electron chi connectivity index (χ4n) is 2.55. The monoisotopic (exact) mass is 356 g/mol. The van der Waals surface area contributed by atoms with Gasteiger partial charge in [0.15, 0.2) is 0 Å². The van der Waals surface area contributed by atoms with Gasteiger partial charge in [0.2, 0.25) is 5.91 Å². The van der Waals surface area contributed by atoms with Crippen LogP contribution in [0.2, 0.25) is 0 Å². The molecule has 1 aliphatic heterocycles. The Bertz CT molecular complexity index is 616. The van der Waals surface area contributed by atoms with E-state index in [0.717, 1.165) is 5.56 Å². The van der Waals surface area contributed by atoms with Gasteiger partial charge >= 0.3 is 0 Å². The summed E-state index contributed by atoms with van der Waals surface area (Å²) in [5.74, 6) is -0.911. The minimum Gasteiger partial charge on any atom is -0.340 e. The number of amides is 2. The van der Waals surface area contributed by atoms with Crippen LogP contribution in [0.5, 0.6) is 0 Å². The largest absolute Gasteiger partial charge is 0.340 e. The van der Waals surface area contributed by atoms with Gasteiger partial charge in [0.1, 0.15) is 17.4 Å². The van der Waals surface area contributed by atoms with Crippen LogP contribution in [0.25, 0.3) is 0 Å². The van der Waals surface area contributed by atoms with Gasteiger partial charge in [-0.15, -0.1) is 0 Å². The second-order valence-corrected chi connectivity index (χ2v) is 6.62. The molecule has 1 fully saturated rings. The molecule has 0 bridgehead atoms. The molecular formula is C15H18BrFN2O2. The molecule has 0 aromatic heterocycles. The lowest BCUT2D eigenvalue weighted by Gasteiger charge is -2.43. The van der Waals surface area contributed by atoms with Crippen molar-refractivity contribution < 1.29 is 14.0 Å². The number of piperazine rings is 1. The Morgan fingerprint density at radius 2 is 2.00 bits per heavy atom. The highest BCUT2D eigenvalue weighted by Gasteiger charge is 2.45. The smallest absolute Gasteiger partial charge is 0.252 e. The molecule has 1 aliphatic rings. The Balaban J connectivity index is 2.59. The number of carbonyl (C=O) groups excluding carboxylic acids is 2. The van der Waals surface area contributed by atoms with Crippen LogP contribution >= 0.6 is 15.9 Å².